The van der Waals surface area contributed by atoms with Gasteiger partial charge >= 0.3 is 5.56 Å². The van der Waals surface area contributed by atoms with Crippen LogP contribution in [0.1, 0.15) is 37.2 Å². The van der Waals surface area contributed by atoms with Crippen LogP contribution in [0, 0.1) is 13.8 Å². The third-order valence-electron chi connectivity index (χ3n) is 4.05. The summed E-state index contributed by atoms with van der Waals surface area (Å²) < 4.78 is 3.23. The van der Waals surface area contributed by atoms with E-state index in [9.17, 15) is 9.59 Å². The molecule has 0 unspecified atom stereocenters. The van der Waals surface area contributed by atoms with Gasteiger partial charge in [0.2, 0.25) is 11.6 Å². The molecule has 7 heteroatoms. The van der Waals surface area contributed by atoms with Crippen LogP contribution in [0.4, 0.5) is 0 Å². The van der Waals surface area contributed by atoms with Gasteiger partial charge in [-0.1, -0.05) is 6.07 Å². The molecule has 3 rings (SSSR count). The van der Waals surface area contributed by atoms with Crippen LogP contribution in [-0.4, -0.2) is 31.1 Å². The summed E-state index contributed by atoms with van der Waals surface area (Å²) in [5, 5.41) is 11.0. The van der Waals surface area contributed by atoms with Gasteiger partial charge in [-0.3, -0.25) is 18.6 Å². The summed E-state index contributed by atoms with van der Waals surface area (Å²) in [6.45, 7) is 7.83. The van der Waals surface area contributed by atoms with Gasteiger partial charge in [0.15, 0.2) is 0 Å². The minimum atomic E-state index is -0.233. The Morgan fingerprint density at radius 1 is 1.12 bits per heavy atom. The van der Waals surface area contributed by atoms with E-state index in [4.69, 9.17) is 0 Å². The first-order chi connectivity index (χ1) is 12.3. The molecule has 0 atom stereocenters. The number of hydrogen-bond donors (Lipinski definition) is 1. The number of aromatic nitrogens is 4. The van der Waals surface area contributed by atoms with Crippen LogP contribution in [0.2, 0.25) is 0 Å². The Hall–Kier alpha value is -2.96. The summed E-state index contributed by atoms with van der Waals surface area (Å²) in [6, 6.07) is 6.07. The minimum absolute atomic E-state index is 0.0414. The second-order valence-corrected chi connectivity index (χ2v) is 6.85. The number of carbonyl (C=O) groups excluding carboxylic acids is 1. The van der Waals surface area contributed by atoms with Crippen molar-refractivity contribution in [2.24, 2.45) is 0 Å². The Morgan fingerprint density at radius 3 is 2.46 bits per heavy atom. The normalized spacial score (nSPS) is 11.3. The van der Waals surface area contributed by atoms with Gasteiger partial charge in [-0.2, -0.15) is 0 Å². The first kappa shape index (κ1) is 17.8. The molecule has 0 spiro atoms. The Balaban J connectivity index is 1.92. The molecular weight excluding hydrogens is 330 g/mol. The highest BCUT2D eigenvalue weighted by Gasteiger charge is 2.13. The fourth-order valence-electron chi connectivity index (χ4n) is 3.02. The Kier molecular flexibility index (Phi) is 4.88. The number of aryl methyl sites for hydroxylation is 3. The van der Waals surface area contributed by atoms with E-state index in [0.717, 1.165) is 16.8 Å². The molecule has 3 aromatic rings. The van der Waals surface area contributed by atoms with E-state index in [1.165, 1.54) is 0 Å². The van der Waals surface area contributed by atoms with Crippen molar-refractivity contribution >= 4 is 11.6 Å². The van der Waals surface area contributed by atoms with E-state index in [2.05, 4.69) is 21.6 Å². The number of rotatable bonds is 5. The number of amides is 1. The van der Waals surface area contributed by atoms with Gasteiger partial charge < -0.3 is 5.32 Å². The highest BCUT2D eigenvalue weighted by Crippen LogP contribution is 2.13. The predicted molar refractivity (Wildman–Crippen MR) is 99.7 cm³/mol. The second-order valence-electron chi connectivity index (χ2n) is 6.85. The molecule has 2 aromatic heterocycles. The maximum atomic E-state index is 12.8. The topological polar surface area (TPSA) is 81.3 Å². The maximum Gasteiger partial charge on any atom is 0.300 e. The van der Waals surface area contributed by atoms with E-state index in [-0.39, 0.29) is 23.2 Å². The van der Waals surface area contributed by atoms with E-state index < -0.39 is 0 Å². The number of nitrogens with zero attached hydrogens (tertiary/aromatic N) is 4. The van der Waals surface area contributed by atoms with Crippen molar-refractivity contribution in [1.82, 2.24) is 24.5 Å². The summed E-state index contributed by atoms with van der Waals surface area (Å²) >= 11 is 0. The molecule has 0 saturated heterocycles. The van der Waals surface area contributed by atoms with Gasteiger partial charge in [0, 0.05) is 37.0 Å². The first-order valence-electron chi connectivity index (χ1n) is 8.68. The van der Waals surface area contributed by atoms with Crippen molar-refractivity contribution in [1.29, 1.82) is 0 Å². The van der Waals surface area contributed by atoms with Gasteiger partial charge in [0.05, 0.1) is 0 Å². The number of benzene rings is 1. The molecule has 0 aliphatic carbocycles. The lowest BCUT2D eigenvalue weighted by Gasteiger charge is -2.09. The van der Waals surface area contributed by atoms with E-state index in [0.29, 0.717) is 18.7 Å². The van der Waals surface area contributed by atoms with Gasteiger partial charge in [0.25, 0.3) is 0 Å². The SMILES string of the molecule is Cc1cc(C)cc(-n2ccn3c(CCC(=O)NC(C)C)nnc3c2=O)c1. The Morgan fingerprint density at radius 2 is 1.81 bits per heavy atom. The molecule has 1 N–H and O–H groups in total. The molecule has 1 aromatic carbocycles. The van der Waals surface area contributed by atoms with Crippen LogP contribution in [-0.2, 0) is 11.2 Å². The number of carbonyl (C=O) groups is 1. The number of nitrogens with one attached hydrogen (secondary N) is 1. The Labute approximate surface area is 151 Å². The molecule has 2 heterocycles. The van der Waals surface area contributed by atoms with Gasteiger partial charge in [-0.05, 0) is 51.0 Å². The zero-order valence-electron chi connectivity index (χ0n) is 15.5. The van der Waals surface area contributed by atoms with Crippen molar-refractivity contribution in [3.8, 4) is 5.69 Å². The smallest absolute Gasteiger partial charge is 0.300 e. The molecule has 0 saturated carbocycles. The third kappa shape index (κ3) is 3.66. The van der Waals surface area contributed by atoms with E-state index >= 15 is 0 Å². The average molecular weight is 353 g/mol. The van der Waals surface area contributed by atoms with Gasteiger partial charge in [-0.15, -0.1) is 10.2 Å². The third-order valence-corrected chi connectivity index (χ3v) is 4.05. The van der Waals surface area contributed by atoms with Gasteiger partial charge in [0.1, 0.15) is 5.82 Å². The van der Waals surface area contributed by atoms with Crippen molar-refractivity contribution in [2.75, 3.05) is 0 Å². The standard InChI is InChI=1S/C19H23N5O2/c1-12(2)20-17(25)6-5-16-21-22-18-19(26)23(7-8-24(16)18)15-10-13(3)9-14(4)11-15/h7-12H,5-6H2,1-4H3,(H,20,25). The zero-order valence-corrected chi connectivity index (χ0v) is 15.5. The average Bonchev–Trinajstić information content (AvgIpc) is 2.95. The molecule has 136 valence electrons. The molecular formula is C19H23N5O2. The molecule has 0 aliphatic heterocycles. The van der Waals surface area contributed by atoms with Crippen molar-refractivity contribution < 1.29 is 4.79 Å². The van der Waals surface area contributed by atoms with E-state index in [1.54, 1.807) is 21.4 Å². The molecule has 1 amide bonds. The molecule has 26 heavy (non-hydrogen) atoms. The van der Waals surface area contributed by atoms with Crippen LogP contribution in [0.3, 0.4) is 0 Å². The highest BCUT2D eigenvalue weighted by atomic mass is 16.1. The number of hydrogen-bond acceptors (Lipinski definition) is 4. The summed E-state index contributed by atoms with van der Waals surface area (Å²) in [7, 11) is 0. The summed E-state index contributed by atoms with van der Waals surface area (Å²) in [5.74, 6) is 0.559. The molecule has 7 nitrogen and oxygen atoms in total. The van der Waals surface area contributed by atoms with Crippen molar-refractivity contribution in [3.63, 3.8) is 0 Å². The lowest BCUT2D eigenvalue weighted by atomic mass is 10.1. The first-order valence-corrected chi connectivity index (χ1v) is 8.68. The van der Waals surface area contributed by atoms with Crippen molar-refractivity contribution in [3.05, 3.63) is 57.9 Å². The maximum absolute atomic E-state index is 12.8. The predicted octanol–water partition coefficient (Wildman–Crippen LogP) is 1.95. The second kappa shape index (κ2) is 7.11. The van der Waals surface area contributed by atoms with Crippen LogP contribution in [0.25, 0.3) is 11.3 Å². The molecule has 0 fully saturated rings. The number of fused-ring (bicyclic) bond motifs is 1. The summed E-state index contributed by atoms with van der Waals surface area (Å²) in [4.78, 5) is 24.6. The zero-order chi connectivity index (χ0) is 18.8. The van der Waals surface area contributed by atoms with E-state index in [1.807, 2.05) is 39.8 Å². The molecule has 0 radical (unpaired) electrons. The summed E-state index contributed by atoms with van der Waals surface area (Å²) in [6.07, 6.45) is 4.21. The molecule has 0 aliphatic rings. The lowest BCUT2D eigenvalue weighted by Crippen LogP contribution is -2.30. The molecule has 0 bridgehead atoms. The lowest BCUT2D eigenvalue weighted by molar-refractivity contribution is -0.121. The summed E-state index contributed by atoms with van der Waals surface area (Å²) in [5.41, 5.74) is 3.00. The van der Waals surface area contributed by atoms with Crippen LogP contribution < -0.4 is 10.9 Å². The largest absolute Gasteiger partial charge is 0.354 e. The Bertz CT molecular complexity index is 996. The monoisotopic (exact) mass is 353 g/mol. The fraction of sp³-hybridized carbons (Fsp3) is 0.368. The highest BCUT2D eigenvalue weighted by molar-refractivity contribution is 5.76. The fourth-order valence-corrected chi connectivity index (χ4v) is 3.02. The van der Waals surface area contributed by atoms with Crippen LogP contribution >= 0.6 is 0 Å². The van der Waals surface area contributed by atoms with Crippen molar-refractivity contribution in [2.45, 2.75) is 46.6 Å². The van der Waals surface area contributed by atoms with Crippen LogP contribution in [0.5, 0.6) is 0 Å². The van der Waals surface area contributed by atoms with Crippen LogP contribution in [0.15, 0.2) is 35.4 Å². The van der Waals surface area contributed by atoms with Gasteiger partial charge in [-0.25, -0.2) is 0 Å². The minimum Gasteiger partial charge on any atom is -0.354 e. The quantitative estimate of drug-likeness (QED) is 0.760.